The van der Waals surface area contributed by atoms with Gasteiger partial charge >= 0.3 is 18.7 Å². The molecule has 4 rings (SSSR count). The van der Waals surface area contributed by atoms with Gasteiger partial charge in [-0.15, -0.1) is 0 Å². The van der Waals surface area contributed by atoms with Crippen LogP contribution in [0.5, 0.6) is 0 Å². The van der Waals surface area contributed by atoms with Crippen LogP contribution in [0.2, 0.25) is 0 Å². The second-order valence-electron chi connectivity index (χ2n) is 7.57. The van der Waals surface area contributed by atoms with Crippen molar-refractivity contribution in [3.8, 4) is 0 Å². The molecular weight excluding hydrogens is 451 g/mol. The van der Waals surface area contributed by atoms with E-state index in [-0.39, 0.29) is 16.6 Å². The molecule has 0 aliphatic carbocycles. The number of H-pyrrole nitrogens is 2. The van der Waals surface area contributed by atoms with Gasteiger partial charge in [0.15, 0.2) is 0 Å². The topological polar surface area (TPSA) is 178 Å². The van der Waals surface area contributed by atoms with Gasteiger partial charge < -0.3 is 19.8 Å². The van der Waals surface area contributed by atoms with Crippen molar-refractivity contribution in [1.29, 1.82) is 0 Å². The Hall–Kier alpha value is -3.63. The van der Waals surface area contributed by atoms with E-state index >= 15 is 0 Å². The molecule has 0 unspecified atom stereocenters. The monoisotopic (exact) mass is 470 g/mol. The molecule has 0 fully saturated rings. The molecule has 0 aliphatic heterocycles. The van der Waals surface area contributed by atoms with Gasteiger partial charge in [0.1, 0.15) is 5.78 Å². The second kappa shape index (κ2) is 8.38. The van der Waals surface area contributed by atoms with Gasteiger partial charge in [0.25, 0.3) is 5.69 Å². The smallest absolute Gasteiger partial charge is 0.323 e. The van der Waals surface area contributed by atoms with E-state index in [2.05, 4.69) is 15.3 Å². The van der Waals surface area contributed by atoms with Crippen molar-refractivity contribution in [2.24, 2.45) is 0 Å². The second-order valence-corrected chi connectivity index (χ2v) is 9.27. The van der Waals surface area contributed by atoms with Gasteiger partial charge in [-0.05, 0) is 23.3 Å². The summed E-state index contributed by atoms with van der Waals surface area (Å²) < 4.78 is 12.5. The van der Waals surface area contributed by atoms with Crippen molar-refractivity contribution in [3.05, 3.63) is 96.5 Å². The molecule has 3 aromatic carbocycles. The fraction of sp³-hybridized carbons (Fsp3) is 0.143. The number of rotatable bonds is 6. The van der Waals surface area contributed by atoms with Crippen LogP contribution in [0.4, 0.5) is 5.69 Å². The normalized spacial score (nSPS) is 13.8. The Morgan fingerprint density at radius 3 is 2.36 bits per heavy atom. The molecule has 0 spiro atoms. The molecule has 33 heavy (non-hydrogen) atoms. The molecule has 1 heterocycles. The van der Waals surface area contributed by atoms with E-state index < -0.39 is 41.1 Å². The Morgan fingerprint density at radius 1 is 1.00 bits per heavy atom. The highest BCUT2D eigenvalue weighted by Gasteiger charge is 2.35. The molecule has 0 radical (unpaired) electrons. The maximum atomic E-state index is 12.5. The molecule has 5 N–H and O–H groups in total. The summed E-state index contributed by atoms with van der Waals surface area (Å²) in [5.41, 5.74) is -2.30. The van der Waals surface area contributed by atoms with Crippen LogP contribution in [0, 0.1) is 10.1 Å². The summed E-state index contributed by atoms with van der Waals surface area (Å²) in [6.07, 6.45) is 0. The first-order chi connectivity index (χ1) is 15.6. The van der Waals surface area contributed by atoms with E-state index in [1.54, 1.807) is 6.92 Å². The first-order valence-corrected chi connectivity index (χ1v) is 11.5. The predicted octanol–water partition coefficient (Wildman–Crippen LogP) is 2.80. The van der Waals surface area contributed by atoms with Crippen LogP contribution in [-0.4, -0.2) is 24.7 Å². The largest absolute Gasteiger partial charge is 0.346 e. The number of nitro benzene ring substituents is 1. The number of hydrogen-bond donors (Lipinski definition) is 5. The highest BCUT2D eigenvalue weighted by Crippen LogP contribution is 2.52. The van der Waals surface area contributed by atoms with Crippen LogP contribution in [0.15, 0.2) is 64.2 Å². The minimum Gasteiger partial charge on any atom is -0.323 e. The lowest BCUT2D eigenvalue weighted by Crippen LogP contribution is -2.30. The molecule has 1 aromatic heterocycles. The van der Waals surface area contributed by atoms with E-state index in [4.69, 9.17) is 0 Å². The quantitative estimate of drug-likeness (QED) is 0.124. The summed E-state index contributed by atoms with van der Waals surface area (Å²) in [5.74, 6) is -1.71. The van der Waals surface area contributed by atoms with Crippen molar-refractivity contribution in [1.82, 2.24) is 15.3 Å². The number of aromatic nitrogens is 2. The molecule has 0 saturated carbocycles. The van der Waals surface area contributed by atoms with Crippen LogP contribution >= 0.6 is 7.60 Å². The minimum atomic E-state index is -4.96. The number of aromatic amines is 2. The van der Waals surface area contributed by atoms with E-state index in [1.807, 2.05) is 42.5 Å². The minimum absolute atomic E-state index is 0.115. The molecule has 2 atom stereocenters. The van der Waals surface area contributed by atoms with Crippen molar-refractivity contribution in [2.45, 2.75) is 18.7 Å². The zero-order valence-corrected chi connectivity index (χ0v) is 18.1. The summed E-state index contributed by atoms with van der Waals surface area (Å²) in [4.78, 5) is 59.2. The third-order valence-corrected chi connectivity index (χ3v) is 6.49. The third-order valence-electron chi connectivity index (χ3n) is 5.39. The molecule has 0 saturated heterocycles. The SMILES string of the molecule is C[C@H](N[C@@H](c1cc([N+](=O)[O-])cc2[nH]c(=O)c(=O)[nH]c12)P(=O)(O)O)c1cccc2ccccc12. The highest BCUT2D eigenvalue weighted by molar-refractivity contribution is 7.52. The van der Waals surface area contributed by atoms with Gasteiger partial charge in [-0.25, -0.2) is 0 Å². The summed E-state index contributed by atoms with van der Waals surface area (Å²) in [5, 5.41) is 16.1. The van der Waals surface area contributed by atoms with Crippen molar-refractivity contribution in [2.75, 3.05) is 0 Å². The van der Waals surface area contributed by atoms with E-state index in [0.717, 1.165) is 28.5 Å². The van der Waals surface area contributed by atoms with Gasteiger partial charge in [-0.2, -0.15) is 0 Å². The van der Waals surface area contributed by atoms with Crippen LogP contribution < -0.4 is 16.4 Å². The lowest BCUT2D eigenvalue weighted by atomic mass is 9.99. The molecule has 170 valence electrons. The summed E-state index contributed by atoms with van der Waals surface area (Å²) in [6, 6.07) is 14.4. The lowest BCUT2D eigenvalue weighted by molar-refractivity contribution is -0.384. The van der Waals surface area contributed by atoms with E-state index in [0.29, 0.717) is 0 Å². The molecular formula is C21H19N4O7P. The van der Waals surface area contributed by atoms with E-state index in [9.17, 15) is 34.1 Å². The molecule has 11 nitrogen and oxygen atoms in total. The van der Waals surface area contributed by atoms with Crippen molar-refractivity contribution < 1.29 is 19.3 Å². The molecule has 0 aliphatic rings. The van der Waals surface area contributed by atoms with Crippen molar-refractivity contribution in [3.63, 3.8) is 0 Å². The lowest BCUT2D eigenvalue weighted by Gasteiger charge is -2.26. The van der Waals surface area contributed by atoms with Crippen molar-refractivity contribution >= 4 is 35.1 Å². The van der Waals surface area contributed by atoms with Gasteiger partial charge in [0.2, 0.25) is 0 Å². The number of hydrogen-bond acceptors (Lipinski definition) is 6. The number of fused-ring (bicyclic) bond motifs is 2. The summed E-state index contributed by atoms with van der Waals surface area (Å²) in [6.45, 7) is 1.70. The molecule has 0 bridgehead atoms. The zero-order valence-electron chi connectivity index (χ0n) is 17.2. The summed E-state index contributed by atoms with van der Waals surface area (Å²) >= 11 is 0. The molecule has 0 amide bonds. The fourth-order valence-corrected chi connectivity index (χ4v) is 4.86. The molecule has 4 aromatic rings. The number of nitrogens with one attached hydrogen (secondary N) is 3. The first-order valence-electron chi connectivity index (χ1n) is 9.80. The maximum Gasteiger partial charge on any atom is 0.346 e. The van der Waals surface area contributed by atoms with Crippen LogP contribution in [0.25, 0.3) is 21.8 Å². The fourth-order valence-electron chi connectivity index (χ4n) is 3.88. The van der Waals surface area contributed by atoms with Crippen LogP contribution in [-0.2, 0) is 4.57 Å². The summed E-state index contributed by atoms with van der Waals surface area (Å²) in [7, 11) is -4.96. The van der Waals surface area contributed by atoms with Gasteiger partial charge in [-0.3, -0.25) is 29.6 Å². The average molecular weight is 470 g/mol. The Labute approximate surface area is 185 Å². The molecule has 12 heteroatoms. The third kappa shape index (κ3) is 4.35. The van der Waals surface area contributed by atoms with Crippen LogP contribution in [0.1, 0.15) is 29.9 Å². The van der Waals surface area contributed by atoms with E-state index in [1.165, 1.54) is 0 Å². The zero-order chi connectivity index (χ0) is 23.9. The van der Waals surface area contributed by atoms with Gasteiger partial charge in [0, 0.05) is 23.7 Å². The number of benzene rings is 3. The Balaban J connectivity index is 1.90. The predicted molar refractivity (Wildman–Crippen MR) is 122 cm³/mol. The van der Waals surface area contributed by atoms with Crippen LogP contribution in [0.3, 0.4) is 0 Å². The van der Waals surface area contributed by atoms with Gasteiger partial charge in [-0.1, -0.05) is 42.5 Å². The standard InChI is InChI=1S/C21H19N4O7P/c1-11(14-8-4-6-12-5-2-3-7-15(12)14)22-21(33(30,31)32)16-9-13(25(28)29)10-17-18(16)24-20(27)19(26)23-17/h2-11,21-22H,1H3,(H,23,26)(H,24,27)(H2,30,31,32)/t11-,21+/m0/s1. The number of nitro groups is 1. The van der Waals surface area contributed by atoms with Gasteiger partial charge in [0.05, 0.1) is 16.0 Å². The maximum absolute atomic E-state index is 12.5. The Kier molecular flexibility index (Phi) is 5.73. The Bertz CT molecular complexity index is 1550. The highest BCUT2D eigenvalue weighted by atomic mass is 31.2. The number of non-ortho nitro benzene ring substituents is 1. The Morgan fingerprint density at radius 2 is 1.67 bits per heavy atom. The number of nitrogens with zero attached hydrogens (tertiary/aromatic N) is 1. The average Bonchev–Trinajstić information content (AvgIpc) is 2.76. The first kappa shape index (κ1) is 22.6.